The van der Waals surface area contributed by atoms with Crippen molar-refractivity contribution in [2.75, 3.05) is 10.6 Å². The summed E-state index contributed by atoms with van der Waals surface area (Å²) in [6.45, 7) is 8.49. The van der Waals surface area contributed by atoms with E-state index in [4.69, 9.17) is 0 Å². The lowest BCUT2D eigenvalue weighted by Gasteiger charge is -2.19. The Bertz CT molecular complexity index is 910. The van der Waals surface area contributed by atoms with Gasteiger partial charge in [0.15, 0.2) is 0 Å². The summed E-state index contributed by atoms with van der Waals surface area (Å²) in [4.78, 5) is 12.2. The number of nitrogens with one attached hydrogen (secondary N) is 2. The molecule has 2 aromatic carbocycles. The van der Waals surface area contributed by atoms with Crippen LogP contribution in [0.3, 0.4) is 0 Å². The van der Waals surface area contributed by atoms with E-state index in [1.807, 2.05) is 55.5 Å². The monoisotopic (exact) mass is 366 g/mol. The van der Waals surface area contributed by atoms with Gasteiger partial charge in [0.25, 0.3) is 0 Å². The number of benzene rings is 2. The van der Waals surface area contributed by atoms with Gasteiger partial charge >= 0.3 is 6.03 Å². The summed E-state index contributed by atoms with van der Waals surface area (Å²) in [5.74, 6) is 0. The van der Waals surface area contributed by atoms with Crippen molar-refractivity contribution >= 4 is 28.2 Å². The van der Waals surface area contributed by atoms with E-state index in [1.54, 1.807) is 0 Å². The zero-order chi connectivity index (χ0) is 18.7. The fraction of sp³-hybridized carbons (Fsp3) is 0.250. The molecular formula is C20H22N4OS. The van der Waals surface area contributed by atoms with Crippen molar-refractivity contribution in [3.05, 3.63) is 59.7 Å². The second-order valence-electron chi connectivity index (χ2n) is 7.13. The van der Waals surface area contributed by atoms with E-state index < -0.39 is 0 Å². The summed E-state index contributed by atoms with van der Waals surface area (Å²) in [6, 6.07) is 15.5. The molecule has 6 heteroatoms. The Hall–Kier alpha value is -2.73. The van der Waals surface area contributed by atoms with E-state index >= 15 is 0 Å². The number of hydrogen-bond donors (Lipinski definition) is 2. The molecule has 0 atom stereocenters. The minimum atomic E-state index is -0.332. The molecule has 0 aliphatic rings. The minimum absolute atomic E-state index is 0.0827. The van der Waals surface area contributed by atoms with Crippen molar-refractivity contribution in [3.63, 3.8) is 0 Å². The van der Waals surface area contributed by atoms with Crippen molar-refractivity contribution in [1.29, 1.82) is 0 Å². The van der Waals surface area contributed by atoms with Crippen molar-refractivity contribution in [1.82, 2.24) is 10.2 Å². The molecule has 5 nitrogen and oxygen atoms in total. The van der Waals surface area contributed by atoms with Gasteiger partial charge in [-0.1, -0.05) is 68.5 Å². The van der Waals surface area contributed by atoms with E-state index in [-0.39, 0.29) is 11.4 Å². The van der Waals surface area contributed by atoms with Crippen LogP contribution in [0.1, 0.15) is 31.9 Å². The number of nitrogens with zero attached hydrogens (tertiary/aromatic N) is 2. The van der Waals surface area contributed by atoms with E-state index in [2.05, 4.69) is 41.6 Å². The van der Waals surface area contributed by atoms with Crippen LogP contribution in [0.4, 0.5) is 15.6 Å². The minimum Gasteiger partial charge on any atom is -0.308 e. The van der Waals surface area contributed by atoms with Gasteiger partial charge in [-0.15, -0.1) is 10.2 Å². The zero-order valence-corrected chi connectivity index (χ0v) is 16.1. The molecule has 134 valence electrons. The first kappa shape index (κ1) is 18.1. The molecule has 0 fully saturated rings. The first-order valence-electron chi connectivity index (χ1n) is 8.41. The van der Waals surface area contributed by atoms with Crippen LogP contribution in [-0.2, 0) is 5.41 Å². The molecule has 0 saturated carbocycles. The Morgan fingerprint density at radius 1 is 0.962 bits per heavy atom. The predicted octanol–water partition coefficient (Wildman–Crippen LogP) is 5.46. The van der Waals surface area contributed by atoms with Gasteiger partial charge in [-0.2, -0.15) is 0 Å². The quantitative estimate of drug-likeness (QED) is 0.647. The van der Waals surface area contributed by atoms with Gasteiger partial charge in [-0.25, -0.2) is 4.79 Å². The highest BCUT2D eigenvalue weighted by molar-refractivity contribution is 7.18. The highest BCUT2D eigenvalue weighted by Gasteiger charge is 2.14. The summed E-state index contributed by atoms with van der Waals surface area (Å²) in [6.07, 6.45) is 0. The molecule has 0 aliphatic carbocycles. The number of anilines is 2. The van der Waals surface area contributed by atoms with Gasteiger partial charge in [-0.05, 0) is 35.6 Å². The predicted molar refractivity (Wildman–Crippen MR) is 108 cm³/mol. The molecule has 3 aromatic rings. The number of rotatable bonds is 3. The normalized spacial score (nSPS) is 11.2. The summed E-state index contributed by atoms with van der Waals surface area (Å²) < 4.78 is 0. The Balaban J connectivity index is 1.65. The summed E-state index contributed by atoms with van der Waals surface area (Å²) in [7, 11) is 0. The number of urea groups is 1. The fourth-order valence-electron chi connectivity index (χ4n) is 2.51. The first-order chi connectivity index (χ1) is 12.3. The van der Waals surface area contributed by atoms with E-state index in [0.717, 1.165) is 21.8 Å². The molecule has 3 rings (SSSR count). The third-order valence-electron chi connectivity index (χ3n) is 4.03. The highest BCUT2D eigenvalue weighted by Crippen LogP contribution is 2.29. The largest absolute Gasteiger partial charge is 0.325 e. The van der Waals surface area contributed by atoms with Crippen molar-refractivity contribution < 1.29 is 4.79 Å². The standard InChI is InChI=1S/C20H22N4OS/c1-13-7-5-6-8-16(13)17-23-24-19(26-17)22-18(25)21-15-11-9-14(10-12-15)20(2,3)4/h5-12H,1-4H3,(H2,21,22,24,25). The molecule has 26 heavy (non-hydrogen) atoms. The van der Waals surface area contributed by atoms with E-state index in [9.17, 15) is 4.79 Å². The van der Waals surface area contributed by atoms with Gasteiger partial charge in [0.2, 0.25) is 5.13 Å². The Kier molecular flexibility index (Phi) is 5.04. The molecule has 0 unspecified atom stereocenters. The number of amides is 2. The second-order valence-corrected chi connectivity index (χ2v) is 8.11. The molecule has 0 bridgehead atoms. The van der Waals surface area contributed by atoms with E-state index in [1.165, 1.54) is 16.9 Å². The maximum absolute atomic E-state index is 12.2. The third kappa shape index (κ3) is 4.26. The van der Waals surface area contributed by atoms with Gasteiger partial charge in [0.1, 0.15) is 5.01 Å². The molecule has 2 amide bonds. The average molecular weight is 366 g/mol. The molecular weight excluding hydrogens is 344 g/mol. The first-order valence-corrected chi connectivity index (χ1v) is 9.22. The molecule has 0 saturated heterocycles. The lowest BCUT2D eigenvalue weighted by molar-refractivity contribution is 0.262. The van der Waals surface area contributed by atoms with Gasteiger partial charge in [0, 0.05) is 11.3 Å². The smallest absolute Gasteiger partial charge is 0.308 e. The van der Waals surface area contributed by atoms with Gasteiger partial charge < -0.3 is 5.32 Å². The Morgan fingerprint density at radius 3 is 2.31 bits per heavy atom. The van der Waals surface area contributed by atoms with Gasteiger partial charge in [-0.3, -0.25) is 5.32 Å². The highest BCUT2D eigenvalue weighted by atomic mass is 32.1. The number of carbonyl (C=O) groups excluding carboxylic acids is 1. The molecule has 1 heterocycles. The van der Waals surface area contributed by atoms with Crippen LogP contribution < -0.4 is 10.6 Å². The summed E-state index contributed by atoms with van der Waals surface area (Å²) in [5.41, 5.74) is 4.18. The third-order valence-corrected chi connectivity index (χ3v) is 4.90. The average Bonchev–Trinajstić information content (AvgIpc) is 3.03. The van der Waals surface area contributed by atoms with Crippen molar-refractivity contribution in [3.8, 4) is 10.6 Å². The lowest BCUT2D eigenvalue weighted by Crippen LogP contribution is -2.19. The molecule has 1 aromatic heterocycles. The lowest BCUT2D eigenvalue weighted by atomic mass is 9.87. The molecule has 0 aliphatic heterocycles. The maximum Gasteiger partial charge on any atom is 0.325 e. The van der Waals surface area contributed by atoms with Crippen LogP contribution in [0.2, 0.25) is 0 Å². The number of aryl methyl sites for hydroxylation is 1. The number of aromatic nitrogens is 2. The fourth-order valence-corrected chi connectivity index (χ4v) is 3.34. The van der Waals surface area contributed by atoms with Gasteiger partial charge in [0.05, 0.1) is 0 Å². The molecule has 0 radical (unpaired) electrons. The Morgan fingerprint density at radius 2 is 1.65 bits per heavy atom. The van der Waals surface area contributed by atoms with Crippen LogP contribution in [0.15, 0.2) is 48.5 Å². The summed E-state index contributed by atoms with van der Waals surface area (Å²) >= 11 is 1.35. The maximum atomic E-state index is 12.2. The molecule has 2 N–H and O–H groups in total. The van der Waals surface area contributed by atoms with Crippen LogP contribution >= 0.6 is 11.3 Å². The van der Waals surface area contributed by atoms with Crippen molar-refractivity contribution in [2.24, 2.45) is 0 Å². The van der Waals surface area contributed by atoms with E-state index in [0.29, 0.717) is 5.13 Å². The zero-order valence-electron chi connectivity index (χ0n) is 15.3. The van der Waals surface area contributed by atoms with Crippen LogP contribution in [-0.4, -0.2) is 16.2 Å². The number of carbonyl (C=O) groups is 1. The van der Waals surface area contributed by atoms with Crippen molar-refractivity contribution in [2.45, 2.75) is 33.1 Å². The van der Waals surface area contributed by atoms with Crippen LogP contribution in [0, 0.1) is 6.92 Å². The Labute approximate surface area is 157 Å². The van der Waals surface area contributed by atoms with Crippen LogP contribution in [0.25, 0.3) is 10.6 Å². The summed E-state index contributed by atoms with van der Waals surface area (Å²) in [5, 5.41) is 15.0. The number of hydrogen-bond acceptors (Lipinski definition) is 4. The SMILES string of the molecule is Cc1ccccc1-c1nnc(NC(=O)Nc2ccc(C(C)(C)C)cc2)s1. The van der Waals surface area contributed by atoms with Crippen LogP contribution in [0.5, 0.6) is 0 Å². The topological polar surface area (TPSA) is 66.9 Å². The molecule has 0 spiro atoms. The second kappa shape index (κ2) is 7.25.